The van der Waals surface area contributed by atoms with E-state index in [0.29, 0.717) is 66.7 Å². The van der Waals surface area contributed by atoms with Crippen LogP contribution in [0.25, 0.3) is 10.9 Å². The van der Waals surface area contributed by atoms with Gasteiger partial charge >= 0.3 is 5.97 Å². The highest BCUT2D eigenvalue weighted by Gasteiger charge is 2.35. The second kappa shape index (κ2) is 10.8. The van der Waals surface area contributed by atoms with E-state index in [2.05, 4.69) is 15.2 Å². The van der Waals surface area contributed by atoms with Gasteiger partial charge in [0.05, 0.1) is 34.7 Å². The van der Waals surface area contributed by atoms with Gasteiger partial charge in [0.1, 0.15) is 11.4 Å². The van der Waals surface area contributed by atoms with Crippen LogP contribution >= 0.6 is 11.6 Å². The lowest BCUT2D eigenvalue weighted by Crippen LogP contribution is -2.46. The van der Waals surface area contributed by atoms with Crippen LogP contribution in [0.3, 0.4) is 0 Å². The topological polar surface area (TPSA) is 134 Å². The van der Waals surface area contributed by atoms with Crippen LogP contribution in [0.1, 0.15) is 45.3 Å². The van der Waals surface area contributed by atoms with Crippen molar-refractivity contribution in [1.82, 2.24) is 24.5 Å². The smallest absolute Gasteiger partial charge is 0.341 e. The summed E-state index contributed by atoms with van der Waals surface area (Å²) >= 11 is 5.99. The van der Waals surface area contributed by atoms with Crippen molar-refractivity contribution < 1.29 is 23.9 Å². The molecule has 0 atom stereocenters. The van der Waals surface area contributed by atoms with Gasteiger partial charge < -0.3 is 19.5 Å². The number of carbonyl (C=O) groups excluding carboxylic acids is 2. The van der Waals surface area contributed by atoms with E-state index < -0.39 is 28.9 Å². The molecule has 4 aromatic rings. The third-order valence-electron chi connectivity index (χ3n) is 8.44. The largest absolute Gasteiger partial charge is 0.477 e. The first-order valence-corrected chi connectivity index (χ1v) is 14.7. The second-order valence-electron chi connectivity index (χ2n) is 11.3. The van der Waals surface area contributed by atoms with Crippen LogP contribution in [0.5, 0.6) is 0 Å². The molecule has 4 heterocycles. The minimum absolute atomic E-state index is 0.0778. The van der Waals surface area contributed by atoms with Gasteiger partial charge in [0.15, 0.2) is 0 Å². The van der Waals surface area contributed by atoms with E-state index in [1.807, 2.05) is 11.1 Å². The number of aromatic nitrogens is 4. The van der Waals surface area contributed by atoms with Gasteiger partial charge in [0.25, 0.3) is 11.7 Å². The Kier molecular flexibility index (Phi) is 6.93. The SMILES string of the molecule is O=C1C(=O)N(CCn2cc(CN3CCN(c4cc5c(cc4F)c(=O)c(C(=O)O)cn5C4CC4)CC3)nn2)c2ccc(Cl)cc21. The molecule has 0 spiro atoms. The first-order chi connectivity index (χ1) is 21.2. The van der Waals surface area contributed by atoms with Crippen molar-refractivity contribution in [3.8, 4) is 0 Å². The molecular formula is C30H27ClFN7O5. The van der Waals surface area contributed by atoms with Crippen LogP contribution in [-0.4, -0.2) is 80.0 Å². The standard InChI is InChI=1S/C30H27ClFN7O5/c31-17-1-4-24-20(11-17)28(41)29(42)38(24)10-9-37-15-18(33-34-37)14-35-5-7-36(8-6-35)26-13-25-21(12-23(26)32)27(40)22(30(43)44)16-39(25)19-2-3-19/h1,4,11-13,15-16,19H,2-3,5-10,14H2,(H,43,44). The van der Waals surface area contributed by atoms with Crippen LogP contribution in [0.15, 0.2) is 47.5 Å². The number of halogens is 2. The van der Waals surface area contributed by atoms with Crippen molar-refractivity contribution in [3.05, 3.63) is 80.6 Å². The molecule has 2 aromatic carbocycles. The number of benzene rings is 2. The van der Waals surface area contributed by atoms with Gasteiger partial charge in [-0.05, 0) is 43.2 Å². The fraction of sp³-hybridized carbons (Fsp3) is 0.333. The minimum atomic E-state index is -1.32. The Labute approximate surface area is 254 Å². The summed E-state index contributed by atoms with van der Waals surface area (Å²) in [7, 11) is 0. The first-order valence-electron chi connectivity index (χ1n) is 14.3. The van der Waals surface area contributed by atoms with Crippen LogP contribution in [0.4, 0.5) is 15.8 Å². The molecule has 3 aliphatic rings. The number of ketones is 1. The number of nitrogens with zero attached hydrogens (tertiary/aromatic N) is 7. The summed E-state index contributed by atoms with van der Waals surface area (Å²) in [5, 5.41) is 18.4. The number of hydrogen-bond donors (Lipinski definition) is 1. The molecule has 0 unspecified atom stereocenters. The number of Topliss-reactive ketones (excluding diaryl/α,β-unsaturated/α-hetero) is 1. The van der Waals surface area contributed by atoms with Crippen molar-refractivity contribution in [2.45, 2.75) is 32.0 Å². The molecule has 226 valence electrons. The Morgan fingerprint density at radius 1 is 1.00 bits per heavy atom. The van der Waals surface area contributed by atoms with Gasteiger partial charge in [-0.2, -0.15) is 0 Å². The van der Waals surface area contributed by atoms with Gasteiger partial charge in [-0.15, -0.1) is 5.10 Å². The molecule has 1 amide bonds. The monoisotopic (exact) mass is 619 g/mol. The number of amides is 1. The van der Waals surface area contributed by atoms with Crippen molar-refractivity contribution >= 4 is 51.5 Å². The van der Waals surface area contributed by atoms with E-state index in [1.54, 1.807) is 27.4 Å². The van der Waals surface area contributed by atoms with E-state index >= 15 is 4.39 Å². The maximum absolute atomic E-state index is 15.3. The number of aromatic carboxylic acids is 1. The molecule has 2 fully saturated rings. The number of carbonyl (C=O) groups is 3. The number of piperazine rings is 1. The molecule has 0 radical (unpaired) electrons. The molecule has 0 bridgehead atoms. The minimum Gasteiger partial charge on any atom is -0.477 e. The molecule has 7 rings (SSSR count). The van der Waals surface area contributed by atoms with Crippen LogP contribution in [-0.2, 0) is 17.9 Å². The Morgan fingerprint density at radius 3 is 2.50 bits per heavy atom. The molecular weight excluding hydrogens is 593 g/mol. The second-order valence-corrected chi connectivity index (χ2v) is 11.8. The molecule has 2 aliphatic heterocycles. The zero-order valence-electron chi connectivity index (χ0n) is 23.4. The number of rotatable bonds is 8. The number of carboxylic acids is 1. The summed E-state index contributed by atoms with van der Waals surface area (Å²) in [6.07, 6.45) is 4.96. The number of hydrogen-bond acceptors (Lipinski definition) is 8. The fourth-order valence-corrected chi connectivity index (χ4v) is 6.17. The van der Waals surface area contributed by atoms with E-state index in [4.69, 9.17) is 11.6 Å². The van der Waals surface area contributed by atoms with Gasteiger partial charge in [-0.25, -0.2) is 9.18 Å². The van der Waals surface area contributed by atoms with Crippen molar-refractivity contribution in [1.29, 1.82) is 0 Å². The first kappa shape index (κ1) is 28.2. The van der Waals surface area contributed by atoms with Gasteiger partial charge in [0, 0.05) is 68.1 Å². The molecule has 1 saturated carbocycles. The van der Waals surface area contributed by atoms with Gasteiger partial charge in [0.2, 0.25) is 5.43 Å². The van der Waals surface area contributed by atoms with E-state index in [-0.39, 0.29) is 23.5 Å². The highest BCUT2D eigenvalue weighted by molar-refractivity contribution is 6.52. The van der Waals surface area contributed by atoms with Crippen LogP contribution < -0.4 is 15.2 Å². The average molecular weight is 620 g/mol. The molecule has 1 aliphatic carbocycles. The number of fused-ring (bicyclic) bond motifs is 2. The lowest BCUT2D eigenvalue weighted by molar-refractivity contribution is -0.114. The summed E-state index contributed by atoms with van der Waals surface area (Å²) in [6, 6.07) is 7.75. The van der Waals surface area contributed by atoms with E-state index in [9.17, 15) is 24.3 Å². The summed E-state index contributed by atoms with van der Waals surface area (Å²) in [6.45, 7) is 3.52. The van der Waals surface area contributed by atoms with E-state index in [1.165, 1.54) is 23.2 Å². The number of carboxylic acid groups (broad SMARTS) is 1. The van der Waals surface area contributed by atoms with Gasteiger partial charge in [-0.1, -0.05) is 16.8 Å². The summed E-state index contributed by atoms with van der Waals surface area (Å²) in [5.74, 6) is -3.04. The van der Waals surface area contributed by atoms with E-state index in [0.717, 1.165) is 18.5 Å². The number of pyridine rings is 1. The van der Waals surface area contributed by atoms with Crippen molar-refractivity contribution in [3.63, 3.8) is 0 Å². The zero-order valence-corrected chi connectivity index (χ0v) is 24.2. The quantitative estimate of drug-likeness (QED) is 0.296. The molecule has 12 nitrogen and oxygen atoms in total. The summed E-state index contributed by atoms with van der Waals surface area (Å²) in [5.41, 5.74) is 1.48. The van der Waals surface area contributed by atoms with Gasteiger partial charge in [-0.3, -0.25) is 24.0 Å². The maximum Gasteiger partial charge on any atom is 0.341 e. The Morgan fingerprint density at radius 2 is 1.77 bits per heavy atom. The Balaban J connectivity index is 0.997. The number of anilines is 2. The predicted octanol–water partition coefficient (Wildman–Crippen LogP) is 2.97. The Bertz CT molecular complexity index is 1910. The lowest BCUT2D eigenvalue weighted by atomic mass is 10.1. The predicted molar refractivity (Wildman–Crippen MR) is 159 cm³/mol. The normalized spacial score (nSPS) is 17.1. The highest BCUT2D eigenvalue weighted by atomic mass is 35.5. The van der Waals surface area contributed by atoms with Crippen molar-refractivity contribution in [2.24, 2.45) is 0 Å². The summed E-state index contributed by atoms with van der Waals surface area (Å²) < 4.78 is 18.8. The fourth-order valence-electron chi connectivity index (χ4n) is 6.00. The lowest BCUT2D eigenvalue weighted by Gasteiger charge is -2.36. The third-order valence-corrected chi connectivity index (χ3v) is 8.68. The molecule has 1 saturated heterocycles. The van der Waals surface area contributed by atoms with Crippen molar-refractivity contribution in [2.75, 3.05) is 42.5 Å². The molecule has 14 heteroatoms. The average Bonchev–Trinajstić information content (AvgIpc) is 3.71. The maximum atomic E-state index is 15.3. The highest BCUT2D eigenvalue weighted by Crippen LogP contribution is 2.38. The molecule has 2 aromatic heterocycles. The summed E-state index contributed by atoms with van der Waals surface area (Å²) in [4.78, 5) is 54.8. The third kappa shape index (κ3) is 5.01. The zero-order chi connectivity index (χ0) is 30.7. The molecule has 1 N–H and O–H groups in total. The van der Waals surface area contributed by atoms with Crippen LogP contribution in [0.2, 0.25) is 5.02 Å². The molecule has 44 heavy (non-hydrogen) atoms. The van der Waals surface area contributed by atoms with Crippen LogP contribution in [0, 0.1) is 5.82 Å². The Hall–Kier alpha value is -4.62.